The second-order valence-electron chi connectivity index (χ2n) is 9.02. The Morgan fingerprint density at radius 3 is 2.44 bits per heavy atom. The molecule has 2 atom stereocenters. The first-order valence-electron chi connectivity index (χ1n) is 11.8. The minimum Gasteiger partial charge on any atom is -0.352 e. The van der Waals surface area contributed by atoms with Crippen LogP contribution in [0.25, 0.3) is 5.69 Å². The fraction of sp³-hybridized carbons (Fsp3) is 0.480. The van der Waals surface area contributed by atoms with Gasteiger partial charge >= 0.3 is 0 Å². The summed E-state index contributed by atoms with van der Waals surface area (Å²) < 4.78 is 2.04. The number of aromatic nitrogens is 5. The molecule has 7 nitrogen and oxygen atoms in total. The Morgan fingerprint density at radius 2 is 1.74 bits per heavy atom. The number of carbonyl (C=O) groups is 1. The highest BCUT2D eigenvalue weighted by molar-refractivity contribution is 7.99. The second-order valence-corrected chi connectivity index (χ2v) is 10.9. The zero-order valence-electron chi connectivity index (χ0n) is 20.2. The zero-order chi connectivity index (χ0) is 24.1. The largest absolute Gasteiger partial charge is 0.352 e. The molecule has 4 rings (SSSR count). The van der Waals surface area contributed by atoms with Gasteiger partial charge in [0.1, 0.15) is 5.82 Å². The zero-order valence-corrected chi connectivity index (χ0v) is 21.9. The number of rotatable bonds is 8. The quantitative estimate of drug-likeness (QED) is 0.344. The summed E-state index contributed by atoms with van der Waals surface area (Å²) in [7, 11) is 0. The molecule has 0 spiro atoms. The van der Waals surface area contributed by atoms with Crippen molar-refractivity contribution >= 4 is 29.4 Å². The number of hydrogen-bond donors (Lipinski definition) is 1. The standard InChI is InChI=1S/C25H32N6OS2/c1-16-9-11-20(12-10-16)31-22(14-33-24-26-18(3)13-19(4)27-24)29-30-25(31)34-15-23(32)28-21-8-6-5-7-17(21)2/h9-13,17,21H,5-8,14-15H2,1-4H3,(H,28,32). The molecule has 1 saturated carbocycles. The third kappa shape index (κ3) is 6.39. The molecule has 0 saturated heterocycles. The van der Waals surface area contributed by atoms with Gasteiger partial charge in [-0.25, -0.2) is 9.97 Å². The fourth-order valence-electron chi connectivity index (χ4n) is 4.24. The van der Waals surface area contributed by atoms with Crippen molar-refractivity contribution in [1.29, 1.82) is 0 Å². The maximum absolute atomic E-state index is 12.7. The van der Waals surface area contributed by atoms with Crippen LogP contribution in [0.2, 0.25) is 0 Å². The average molecular weight is 497 g/mol. The normalized spacial score (nSPS) is 18.1. The molecule has 0 radical (unpaired) electrons. The summed E-state index contributed by atoms with van der Waals surface area (Å²) in [6.45, 7) is 8.24. The lowest BCUT2D eigenvalue weighted by atomic mass is 9.86. The van der Waals surface area contributed by atoms with Crippen molar-refractivity contribution < 1.29 is 4.79 Å². The molecular weight excluding hydrogens is 464 g/mol. The molecule has 1 aliphatic rings. The smallest absolute Gasteiger partial charge is 0.230 e. The average Bonchev–Trinajstić information content (AvgIpc) is 3.20. The lowest BCUT2D eigenvalue weighted by Crippen LogP contribution is -2.41. The van der Waals surface area contributed by atoms with Gasteiger partial charge in [-0.05, 0) is 57.7 Å². The first-order chi connectivity index (χ1) is 16.4. The van der Waals surface area contributed by atoms with Crippen molar-refractivity contribution in [1.82, 2.24) is 30.0 Å². The van der Waals surface area contributed by atoms with E-state index < -0.39 is 0 Å². The van der Waals surface area contributed by atoms with Crippen LogP contribution in [0.3, 0.4) is 0 Å². The lowest BCUT2D eigenvalue weighted by molar-refractivity contribution is -0.119. The van der Waals surface area contributed by atoms with Crippen LogP contribution in [0.4, 0.5) is 0 Å². The predicted molar refractivity (Wildman–Crippen MR) is 137 cm³/mol. The van der Waals surface area contributed by atoms with Gasteiger partial charge in [0.2, 0.25) is 5.91 Å². The number of hydrogen-bond acceptors (Lipinski definition) is 7. The van der Waals surface area contributed by atoms with E-state index in [0.29, 0.717) is 22.6 Å². The highest BCUT2D eigenvalue weighted by Crippen LogP contribution is 2.27. The molecule has 2 heterocycles. The van der Waals surface area contributed by atoms with Gasteiger partial charge in [-0.3, -0.25) is 9.36 Å². The highest BCUT2D eigenvalue weighted by Gasteiger charge is 2.23. The number of carbonyl (C=O) groups excluding carboxylic acids is 1. The van der Waals surface area contributed by atoms with Gasteiger partial charge in [-0.1, -0.05) is 61.0 Å². The summed E-state index contributed by atoms with van der Waals surface area (Å²) in [6, 6.07) is 10.5. The van der Waals surface area contributed by atoms with Crippen LogP contribution in [0, 0.1) is 26.7 Å². The first-order valence-corrected chi connectivity index (χ1v) is 13.7. The van der Waals surface area contributed by atoms with E-state index in [4.69, 9.17) is 0 Å². The van der Waals surface area contributed by atoms with Crippen molar-refractivity contribution in [3.05, 3.63) is 53.1 Å². The van der Waals surface area contributed by atoms with Crippen LogP contribution in [0.5, 0.6) is 0 Å². The van der Waals surface area contributed by atoms with Crippen LogP contribution in [-0.2, 0) is 10.5 Å². The van der Waals surface area contributed by atoms with Crippen molar-refractivity contribution in [3.8, 4) is 5.69 Å². The summed E-state index contributed by atoms with van der Waals surface area (Å²) >= 11 is 2.97. The van der Waals surface area contributed by atoms with Crippen molar-refractivity contribution in [3.63, 3.8) is 0 Å². The molecule has 1 aliphatic carbocycles. The molecule has 1 N–H and O–H groups in total. The molecule has 0 bridgehead atoms. The molecule has 34 heavy (non-hydrogen) atoms. The Morgan fingerprint density at radius 1 is 1.03 bits per heavy atom. The van der Waals surface area contributed by atoms with Gasteiger partial charge in [0.25, 0.3) is 0 Å². The summed E-state index contributed by atoms with van der Waals surface area (Å²) in [5.41, 5.74) is 4.07. The Bertz CT molecular complexity index is 1110. The van der Waals surface area contributed by atoms with E-state index in [9.17, 15) is 4.79 Å². The van der Waals surface area contributed by atoms with Crippen molar-refractivity contribution in [2.45, 2.75) is 75.5 Å². The molecule has 180 valence electrons. The van der Waals surface area contributed by atoms with Gasteiger partial charge in [-0.15, -0.1) is 10.2 Å². The number of thioether (sulfide) groups is 2. The molecule has 1 amide bonds. The lowest BCUT2D eigenvalue weighted by Gasteiger charge is -2.29. The molecule has 2 aromatic heterocycles. The van der Waals surface area contributed by atoms with Crippen molar-refractivity contribution in [2.24, 2.45) is 5.92 Å². The molecule has 0 aliphatic heterocycles. The predicted octanol–water partition coefficient (Wildman–Crippen LogP) is 5.06. The van der Waals surface area contributed by atoms with Crippen LogP contribution in [-0.4, -0.2) is 42.4 Å². The van der Waals surface area contributed by atoms with Crippen LogP contribution < -0.4 is 5.32 Å². The second kappa shape index (κ2) is 11.4. The van der Waals surface area contributed by atoms with E-state index >= 15 is 0 Å². The topological polar surface area (TPSA) is 85.6 Å². The summed E-state index contributed by atoms with van der Waals surface area (Å²) in [5.74, 6) is 2.30. The van der Waals surface area contributed by atoms with Gasteiger partial charge in [0, 0.05) is 23.1 Å². The third-order valence-electron chi connectivity index (χ3n) is 6.07. The SMILES string of the molecule is Cc1ccc(-n2c(CSc3nc(C)cc(C)n3)nnc2SCC(=O)NC2CCCCC2C)cc1. The van der Waals surface area contributed by atoms with E-state index in [-0.39, 0.29) is 11.9 Å². The molecule has 9 heteroatoms. The van der Waals surface area contributed by atoms with Gasteiger partial charge in [0.05, 0.1) is 11.5 Å². The summed E-state index contributed by atoms with van der Waals surface area (Å²) in [4.78, 5) is 21.7. The molecule has 2 unspecified atom stereocenters. The van der Waals surface area contributed by atoms with Crippen LogP contribution in [0.1, 0.15) is 55.4 Å². The summed E-state index contributed by atoms with van der Waals surface area (Å²) in [6.07, 6.45) is 4.70. The van der Waals surface area contributed by atoms with Gasteiger partial charge in [-0.2, -0.15) is 0 Å². The Kier molecular flexibility index (Phi) is 8.26. The van der Waals surface area contributed by atoms with Crippen LogP contribution >= 0.6 is 23.5 Å². The molecule has 1 fully saturated rings. The van der Waals surface area contributed by atoms with Gasteiger partial charge < -0.3 is 5.32 Å². The Labute approximate surface area is 210 Å². The molecule has 1 aromatic carbocycles. The minimum atomic E-state index is 0.0572. The maximum Gasteiger partial charge on any atom is 0.230 e. The maximum atomic E-state index is 12.7. The number of nitrogens with zero attached hydrogens (tertiary/aromatic N) is 5. The van der Waals surface area contributed by atoms with Gasteiger partial charge in [0.15, 0.2) is 10.3 Å². The molecule has 3 aromatic rings. The van der Waals surface area contributed by atoms with Crippen LogP contribution in [0.15, 0.2) is 40.6 Å². The van der Waals surface area contributed by atoms with Crippen molar-refractivity contribution in [2.75, 3.05) is 5.75 Å². The molecular formula is C25H32N6OS2. The van der Waals surface area contributed by atoms with E-state index in [1.54, 1.807) is 11.8 Å². The summed E-state index contributed by atoms with van der Waals surface area (Å²) in [5, 5.41) is 13.6. The Balaban J connectivity index is 1.49. The van der Waals surface area contributed by atoms with E-state index in [1.165, 1.54) is 36.6 Å². The minimum absolute atomic E-state index is 0.0572. The Hall–Kier alpha value is -2.39. The first kappa shape index (κ1) is 24.7. The van der Waals surface area contributed by atoms with E-state index in [1.807, 2.05) is 24.5 Å². The van der Waals surface area contributed by atoms with E-state index in [0.717, 1.165) is 34.5 Å². The van der Waals surface area contributed by atoms with E-state index in [2.05, 4.69) is 63.6 Å². The fourth-order valence-corrected chi connectivity index (χ4v) is 5.88. The highest BCUT2D eigenvalue weighted by atomic mass is 32.2. The monoisotopic (exact) mass is 496 g/mol. The number of aryl methyl sites for hydroxylation is 3. The number of nitrogens with one attached hydrogen (secondary N) is 1. The number of benzene rings is 1. The number of amides is 1. The third-order valence-corrected chi connectivity index (χ3v) is 7.85.